The monoisotopic (exact) mass is 493 g/mol. The Bertz CT molecular complexity index is 1350. The van der Waals surface area contributed by atoms with Gasteiger partial charge in [-0.3, -0.25) is 14.6 Å². The van der Waals surface area contributed by atoms with Crippen molar-refractivity contribution in [1.29, 1.82) is 5.26 Å². The van der Waals surface area contributed by atoms with Crippen molar-refractivity contribution in [3.8, 4) is 11.9 Å². The predicted octanol–water partition coefficient (Wildman–Crippen LogP) is 3.51. The molecule has 0 spiro atoms. The first kappa shape index (κ1) is 21.9. The number of likely N-dealkylation sites (tertiary alicyclic amines) is 1. The van der Waals surface area contributed by atoms with E-state index in [1.54, 1.807) is 17.2 Å². The number of amides is 1. The van der Waals surface area contributed by atoms with Gasteiger partial charge in [0.2, 0.25) is 11.8 Å². The molecule has 2 saturated carbocycles. The molecule has 11 nitrogen and oxygen atoms in total. The number of fused-ring (bicyclic) bond motifs is 1. The number of piperidine rings is 1. The number of anilines is 2. The number of aromatic amines is 1. The molecule has 180 valence electrons. The Balaban J connectivity index is 1.21. The summed E-state index contributed by atoms with van der Waals surface area (Å²) in [5.74, 6) is 0.718. The zero-order valence-corrected chi connectivity index (χ0v) is 19.7. The Kier molecular flexibility index (Phi) is 5.53. The van der Waals surface area contributed by atoms with E-state index in [4.69, 9.17) is 16.3 Å². The number of nitrogens with zero attached hydrogens (tertiary/aromatic N) is 7. The number of rotatable bonds is 7. The molecule has 2 N–H and O–H groups in total. The van der Waals surface area contributed by atoms with Gasteiger partial charge in [0.1, 0.15) is 28.3 Å². The summed E-state index contributed by atoms with van der Waals surface area (Å²) in [5, 5.41) is 24.7. The van der Waals surface area contributed by atoms with Gasteiger partial charge in [0.15, 0.2) is 5.65 Å². The number of H-pyrrole nitrogens is 1. The van der Waals surface area contributed by atoms with Crippen molar-refractivity contribution < 1.29 is 9.53 Å². The number of hydrogen-bond acceptors (Lipinski definition) is 8. The maximum Gasteiger partial charge on any atom is 0.264 e. The van der Waals surface area contributed by atoms with Crippen molar-refractivity contribution in [3.05, 3.63) is 29.2 Å². The maximum atomic E-state index is 12.9. The van der Waals surface area contributed by atoms with Crippen LogP contribution in [0.15, 0.2) is 24.0 Å². The van der Waals surface area contributed by atoms with Crippen LogP contribution in [0.3, 0.4) is 0 Å². The molecule has 3 aromatic heterocycles. The molecule has 3 fully saturated rings. The third-order valence-corrected chi connectivity index (χ3v) is 6.71. The zero-order valence-electron chi connectivity index (χ0n) is 18.9. The van der Waals surface area contributed by atoms with Crippen LogP contribution in [0.1, 0.15) is 44.6 Å². The van der Waals surface area contributed by atoms with Gasteiger partial charge >= 0.3 is 0 Å². The Morgan fingerprint density at radius 1 is 1.29 bits per heavy atom. The van der Waals surface area contributed by atoms with E-state index in [-0.39, 0.29) is 22.7 Å². The summed E-state index contributed by atoms with van der Waals surface area (Å²) >= 11 is 6.33. The largest absolute Gasteiger partial charge is 0.472 e. The fraction of sp³-hybridized carbons (Fsp3) is 0.478. The summed E-state index contributed by atoms with van der Waals surface area (Å²) in [4.78, 5) is 23.6. The molecule has 1 amide bonds. The van der Waals surface area contributed by atoms with Crippen LogP contribution in [-0.2, 0) is 4.79 Å². The summed E-state index contributed by atoms with van der Waals surface area (Å²) in [7, 11) is 0. The number of nitriles is 1. The fourth-order valence-electron chi connectivity index (χ4n) is 4.27. The predicted molar refractivity (Wildman–Crippen MR) is 127 cm³/mol. The minimum atomic E-state index is -0.303. The second-order valence-electron chi connectivity index (χ2n) is 9.32. The highest BCUT2D eigenvalue weighted by molar-refractivity contribution is 6.34. The first-order chi connectivity index (χ1) is 17.1. The molecular formula is C23H24ClN9O2. The molecule has 0 radical (unpaired) electrons. The minimum absolute atomic E-state index is 0.216. The van der Waals surface area contributed by atoms with Crippen LogP contribution in [0.25, 0.3) is 11.0 Å². The van der Waals surface area contributed by atoms with Crippen molar-refractivity contribution in [1.82, 2.24) is 34.8 Å². The average Bonchev–Trinajstić information content (AvgIpc) is 3.79. The molecule has 3 aromatic rings. The van der Waals surface area contributed by atoms with Crippen molar-refractivity contribution in [2.45, 2.75) is 50.7 Å². The van der Waals surface area contributed by atoms with Gasteiger partial charge in [-0.05, 0) is 44.4 Å². The third kappa shape index (κ3) is 4.66. The van der Waals surface area contributed by atoms with Gasteiger partial charge in [-0.2, -0.15) is 25.4 Å². The molecule has 1 aliphatic heterocycles. The number of carbonyl (C=O) groups is 1. The number of nitrogens with one attached hydrogen (secondary N) is 2. The average molecular weight is 494 g/mol. The number of hydrogen-bond donors (Lipinski definition) is 2. The van der Waals surface area contributed by atoms with E-state index < -0.39 is 0 Å². The lowest BCUT2D eigenvalue weighted by atomic mass is 10.1. The Morgan fingerprint density at radius 2 is 2.14 bits per heavy atom. The van der Waals surface area contributed by atoms with Gasteiger partial charge in [-0.25, -0.2) is 0 Å². The van der Waals surface area contributed by atoms with Gasteiger partial charge in [-0.1, -0.05) is 17.7 Å². The van der Waals surface area contributed by atoms with Crippen molar-refractivity contribution in [3.63, 3.8) is 0 Å². The number of allylic oxidation sites excluding steroid dienone is 1. The Hall–Kier alpha value is -3.65. The van der Waals surface area contributed by atoms with E-state index in [0.717, 1.165) is 44.2 Å². The molecule has 35 heavy (non-hydrogen) atoms. The van der Waals surface area contributed by atoms with Crippen LogP contribution in [0, 0.1) is 17.2 Å². The second-order valence-corrected chi connectivity index (χ2v) is 9.69. The van der Waals surface area contributed by atoms with Crippen LogP contribution in [0.4, 0.5) is 11.6 Å². The SMILES string of the molecule is N#C/C(=C\C1CC1)C(=O)N1CCC[C@@H](Oc2nc(Nc3cnn(C4CC4)c3)nc3n[nH]c(Cl)c23)C1. The standard InChI is InChI=1S/C23H24ClN9O2/c24-19-18-20(31-30-19)28-23(27-15-10-26-33(11-15)16-5-6-16)29-21(18)35-17-2-1-7-32(12-17)22(34)14(9-25)8-13-3-4-13/h8,10-11,13,16-17H,1-7,12H2,(H2,27,28,29,30,31)/b14-8+/t17-/m1/s1. The van der Waals surface area contributed by atoms with E-state index in [1.165, 1.54) is 0 Å². The number of aromatic nitrogens is 6. The van der Waals surface area contributed by atoms with E-state index in [9.17, 15) is 10.1 Å². The van der Waals surface area contributed by atoms with Gasteiger partial charge < -0.3 is 15.0 Å². The van der Waals surface area contributed by atoms with Crippen LogP contribution in [0.5, 0.6) is 5.88 Å². The summed E-state index contributed by atoms with van der Waals surface area (Å²) in [5.41, 5.74) is 1.36. The van der Waals surface area contributed by atoms with E-state index in [0.29, 0.717) is 47.9 Å². The normalized spacial score (nSPS) is 20.6. The molecule has 2 aliphatic carbocycles. The quantitative estimate of drug-likeness (QED) is 0.376. The summed E-state index contributed by atoms with van der Waals surface area (Å²) in [6.45, 7) is 0.951. The van der Waals surface area contributed by atoms with E-state index in [1.807, 2.05) is 10.9 Å². The number of ether oxygens (including phenoxy) is 1. The lowest BCUT2D eigenvalue weighted by Crippen LogP contribution is -2.45. The molecule has 3 aliphatic rings. The molecule has 4 heterocycles. The number of halogens is 1. The molecule has 6 rings (SSSR count). The summed E-state index contributed by atoms with van der Waals surface area (Å²) in [6.07, 6.45) is 11.0. The fourth-order valence-corrected chi connectivity index (χ4v) is 4.48. The zero-order chi connectivity index (χ0) is 23.9. The van der Waals surface area contributed by atoms with Crippen LogP contribution < -0.4 is 10.1 Å². The van der Waals surface area contributed by atoms with Crippen LogP contribution >= 0.6 is 11.6 Å². The second kappa shape index (κ2) is 8.85. The molecule has 0 unspecified atom stereocenters. The molecular weight excluding hydrogens is 470 g/mol. The smallest absolute Gasteiger partial charge is 0.264 e. The van der Waals surface area contributed by atoms with E-state index >= 15 is 0 Å². The molecule has 12 heteroatoms. The highest BCUT2D eigenvalue weighted by atomic mass is 35.5. The van der Waals surface area contributed by atoms with Crippen LogP contribution in [0.2, 0.25) is 5.15 Å². The van der Waals surface area contributed by atoms with Crippen LogP contribution in [-0.4, -0.2) is 59.9 Å². The van der Waals surface area contributed by atoms with Gasteiger partial charge in [0.05, 0.1) is 24.5 Å². The summed E-state index contributed by atoms with van der Waals surface area (Å²) < 4.78 is 8.21. The first-order valence-corrected chi connectivity index (χ1v) is 12.3. The molecule has 1 atom stereocenters. The molecule has 0 bridgehead atoms. The summed E-state index contributed by atoms with van der Waals surface area (Å²) in [6, 6.07) is 2.54. The van der Waals surface area contributed by atoms with Gasteiger partial charge in [0.25, 0.3) is 5.91 Å². The van der Waals surface area contributed by atoms with Gasteiger partial charge in [-0.15, -0.1) is 0 Å². The lowest BCUT2D eigenvalue weighted by Gasteiger charge is -2.32. The molecule has 0 aromatic carbocycles. The highest BCUT2D eigenvalue weighted by Crippen LogP contribution is 2.35. The third-order valence-electron chi connectivity index (χ3n) is 6.43. The minimum Gasteiger partial charge on any atom is -0.472 e. The van der Waals surface area contributed by atoms with Gasteiger partial charge in [0, 0.05) is 12.7 Å². The first-order valence-electron chi connectivity index (χ1n) is 11.9. The Labute approximate surface area is 206 Å². The Morgan fingerprint density at radius 3 is 2.91 bits per heavy atom. The highest BCUT2D eigenvalue weighted by Gasteiger charge is 2.30. The van der Waals surface area contributed by atoms with Crippen molar-refractivity contribution in [2.24, 2.45) is 5.92 Å². The van der Waals surface area contributed by atoms with Crippen molar-refractivity contribution >= 4 is 40.2 Å². The number of carbonyl (C=O) groups excluding carboxylic acids is 1. The van der Waals surface area contributed by atoms with Crippen molar-refractivity contribution in [2.75, 3.05) is 18.4 Å². The molecule has 1 saturated heterocycles. The van der Waals surface area contributed by atoms with E-state index in [2.05, 4.69) is 36.7 Å². The lowest BCUT2D eigenvalue weighted by molar-refractivity contribution is -0.129. The topological polar surface area (TPSA) is 138 Å². The maximum absolute atomic E-state index is 12.9.